The Balaban J connectivity index is 0.000000511. The minimum Gasteiger partial charge on any atom is -0.399 e. The number of rotatable bonds is 4. The highest BCUT2D eigenvalue weighted by atomic mass is 32.2. The van der Waals surface area contributed by atoms with E-state index in [2.05, 4.69) is 4.99 Å². The molecule has 0 saturated carbocycles. The number of hydrogen-bond acceptors (Lipinski definition) is 9. The molecule has 1 aliphatic heterocycles. The normalized spacial score (nSPS) is 11.8. The summed E-state index contributed by atoms with van der Waals surface area (Å²) in [5, 5.41) is 7.73. The number of benzene rings is 2. The first-order chi connectivity index (χ1) is 11.9. The van der Waals surface area contributed by atoms with Crippen LogP contribution in [0.15, 0.2) is 52.4 Å². The molecule has 9 nitrogen and oxygen atoms in total. The smallest absolute Gasteiger partial charge is 0.399 e. The number of nitrogen functional groups attached to an aromatic ring is 1. The van der Waals surface area contributed by atoms with Gasteiger partial charge < -0.3 is 16.4 Å². The number of anilines is 1. The zero-order chi connectivity index (χ0) is 18.4. The quantitative estimate of drug-likeness (QED) is 0.310. The highest BCUT2D eigenvalue weighted by molar-refractivity contribution is 7.94. The van der Waals surface area contributed by atoms with E-state index in [-0.39, 0.29) is 5.84 Å². The van der Waals surface area contributed by atoms with Crippen molar-refractivity contribution in [3.05, 3.63) is 53.6 Å². The second kappa shape index (κ2) is 8.28. The molecular weight excluding hydrogens is 368 g/mol. The van der Waals surface area contributed by atoms with Gasteiger partial charge in [-0.05, 0) is 30.3 Å². The summed E-state index contributed by atoms with van der Waals surface area (Å²) in [7, 11) is -3.11. The van der Waals surface area contributed by atoms with E-state index in [1.807, 2.05) is 12.1 Å². The number of aliphatic imine (C=N–C) groups is 1. The first kappa shape index (κ1) is 18.4. The molecule has 1 heterocycles. The molecule has 11 heteroatoms. The molecule has 2 aromatic carbocycles. The van der Waals surface area contributed by atoms with Gasteiger partial charge in [-0.1, -0.05) is 6.07 Å². The van der Waals surface area contributed by atoms with Crippen LogP contribution in [0.5, 0.6) is 5.75 Å². The molecule has 0 amide bonds. The van der Waals surface area contributed by atoms with Gasteiger partial charge in [-0.3, -0.25) is 5.41 Å². The number of nitrogens with zero attached hydrogens (tertiary/aromatic N) is 1. The molecule has 0 bridgehead atoms. The molecule has 0 unspecified atom stereocenters. The van der Waals surface area contributed by atoms with Crippen LogP contribution in [-0.4, -0.2) is 24.3 Å². The third-order valence-corrected chi connectivity index (χ3v) is 3.46. The number of amidine groups is 2. The molecule has 0 aliphatic carbocycles. The molecule has 5 N–H and O–H groups in total. The molecule has 0 radical (unpaired) electrons. The van der Waals surface area contributed by atoms with Crippen LogP contribution in [0.2, 0.25) is 0 Å². The lowest BCUT2D eigenvalue weighted by Crippen LogP contribution is -2.10. The van der Waals surface area contributed by atoms with E-state index in [1.165, 1.54) is 0 Å². The van der Waals surface area contributed by atoms with Gasteiger partial charge in [0, 0.05) is 27.8 Å². The van der Waals surface area contributed by atoms with E-state index in [1.54, 1.807) is 30.3 Å². The van der Waals surface area contributed by atoms with Gasteiger partial charge in [0.2, 0.25) is 0 Å². The number of fused-ring (bicyclic) bond motifs is 1. The van der Waals surface area contributed by atoms with E-state index in [4.69, 9.17) is 38.7 Å². The molecule has 0 fully saturated rings. The van der Waals surface area contributed by atoms with Crippen molar-refractivity contribution in [2.45, 2.75) is 4.90 Å². The molecular formula is C14H12N4O5S2. The topological polar surface area (TPSA) is 158 Å². The number of nitrogens with one attached hydrogen (secondary N) is 1. The highest BCUT2D eigenvalue weighted by Gasteiger charge is 2.18. The maximum atomic E-state index is 8.44. The average Bonchev–Trinajstić information content (AvgIpc) is 2.81. The predicted molar refractivity (Wildman–Crippen MR) is 92.1 cm³/mol. The fourth-order valence-electron chi connectivity index (χ4n) is 1.90. The Morgan fingerprint density at radius 3 is 2.44 bits per heavy atom. The largest absolute Gasteiger partial charge is 0.425 e. The Labute approximate surface area is 148 Å². The van der Waals surface area contributed by atoms with Crippen molar-refractivity contribution in [3.63, 3.8) is 0 Å². The van der Waals surface area contributed by atoms with Crippen molar-refractivity contribution in [2.24, 2.45) is 10.7 Å². The van der Waals surface area contributed by atoms with Crippen LogP contribution in [0.4, 0.5) is 5.69 Å². The first-order valence-electron chi connectivity index (χ1n) is 6.58. The lowest BCUT2D eigenvalue weighted by Gasteiger charge is -2.05. The fourth-order valence-corrected chi connectivity index (χ4v) is 2.38. The van der Waals surface area contributed by atoms with Crippen molar-refractivity contribution < 1.29 is 21.8 Å². The standard InChI is InChI=1S/C14H12N4O2S.O3S/c15-8-2-1-3-9(6-8)19-20-21-10-4-5-11-12(7-10)14(17)18-13(11)16;1-4(2)3/h1-7H,15H2,(H3,16,17,18);. The molecule has 130 valence electrons. The van der Waals surface area contributed by atoms with E-state index < -0.39 is 10.6 Å². The van der Waals surface area contributed by atoms with Crippen molar-refractivity contribution in [1.29, 1.82) is 5.41 Å². The summed E-state index contributed by atoms with van der Waals surface area (Å²) in [6.07, 6.45) is 0. The molecule has 0 atom stereocenters. The van der Waals surface area contributed by atoms with Gasteiger partial charge in [-0.2, -0.15) is 0 Å². The summed E-state index contributed by atoms with van der Waals surface area (Å²) < 4.78 is 30.4. The summed E-state index contributed by atoms with van der Waals surface area (Å²) in [5.41, 5.74) is 13.4. The first-order valence-corrected chi connectivity index (χ1v) is 8.32. The van der Waals surface area contributed by atoms with Gasteiger partial charge in [-0.15, -0.1) is 17.0 Å². The summed E-state index contributed by atoms with van der Waals surface area (Å²) in [6.45, 7) is 0. The lowest BCUT2D eigenvalue weighted by atomic mass is 10.1. The minimum atomic E-state index is -3.11. The molecule has 0 saturated heterocycles. The van der Waals surface area contributed by atoms with Gasteiger partial charge in [-0.25, -0.2) is 4.99 Å². The van der Waals surface area contributed by atoms with Crippen molar-refractivity contribution in [2.75, 3.05) is 5.73 Å². The van der Waals surface area contributed by atoms with Crippen LogP contribution >= 0.6 is 12.0 Å². The Bertz CT molecular complexity index is 938. The fraction of sp³-hybridized carbons (Fsp3) is 0. The van der Waals surface area contributed by atoms with Crippen LogP contribution in [0.1, 0.15) is 11.1 Å². The molecule has 25 heavy (non-hydrogen) atoms. The average molecular weight is 380 g/mol. The van der Waals surface area contributed by atoms with Crippen molar-refractivity contribution >= 4 is 40.0 Å². The minimum absolute atomic E-state index is 0.154. The Morgan fingerprint density at radius 1 is 1.04 bits per heavy atom. The monoisotopic (exact) mass is 380 g/mol. The predicted octanol–water partition coefficient (Wildman–Crippen LogP) is 1.33. The van der Waals surface area contributed by atoms with Crippen LogP contribution < -0.4 is 16.4 Å². The molecule has 0 spiro atoms. The SMILES string of the molecule is N=C1N=C(N)c2ccc(SOOc3cccc(N)c3)cc21.O=S(=O)=O. The molecule has 0 aromatic heterocycles. The Hall–Kier alpha value is -2.89. The van der Waals surface area contributed by atoms with Gasteiger partial charge >= 0.3 is 10.6 Å². The maximum absolute atomic E-state index is 8.44. The van der Waals surface area contributed by atoms with E-state index >= 15 is 0 Å². The second-order valence-corrected chi connectivity index (χ2v) is 5.75. The maximum Gasteiger partial charge on any atom is 0.425 e. The van der Waals surface area contributed by atoms with E-state index in [0.29, 0.717) is 22.8 Å². The number of nitrogens with two attached hydrogens (primary N) is 2. The summed E-state index contributed by atoms with van der Waals surface area (Å²) in [5.74, 6) is 1.04. The number of hydrogen-bond donors (Lipinski definition) is 3. The van der Waals surface area contributed by atoms with E-state index in [9.17, 15) is 0 Å². The van der Waals surface area contributed by atoms with Gasteiger partial charge in [0.15, 0.2) is 11.6 Å². The summed E-state index contributed by atoms with van der Waals surface area (Å²) in [6, 6.07) is 12.4. The van der Waals surface area contributed by atoms with Crippen LogP contribution in [0.25, 0.3) is 0 Å². The Kier molecular flexibility index (Phi) is 6.11. The highest BCUT2D eigenvalue weighted by Crippen LogP contribution is 2.26. The van der Waals surface area contributed by atoms with Crippen molar-refractivity contribution in [3.8, 4) is 5.75 Å². The molecule has 2 aromatic rings. The molecule has 3 rings (SSSR count). The lowest BCUT2D eigenvalue weighted by molar-refractivity contribution is -0.0776. The Morgan fingerprint density at radius 2 is 1.76 bits per heavy atom. The van der Waals surface area contributed by atoms with E-state index in [0.717, 1.165) is 22.5 Å². The summed E-state index contributed by atoms with van der Waals surface area (Å²) >= 11 is 1.04. The van der Waals surface area contributed by atoms with Gasteiger partial charge in [0.05, 0.1) is 12.0 Å². The second-order valence-electron chi connectivity index (χ2n) is 4.56. The third kappa shape index (κ3) is 5.31. The van der Waals surface area contributed by atoms with Crippen LogP contribution in [0.3, 0.4) is 0 Å². The third-order valence-electron chi connectivity index (χ3n) is 2.87. The van der Waals surface area contributed by atoms with Crippen LogP contribution in [0, 0.1) is 5.41 Å². The van der Waals surface area contributed by atoms with Crippen molar-refractivity contribution in [1.82, 2.24) is 0 Å². The summed E-state index contributed by atoms with van der Waals surface area (Å²) in [4.78, 5) is 9.84. The zero-order valence-corrected chi connectivity index (χ0v) is 14.1. The van der Waals surface area contributed by atoms with Gasteiger partial charge in [0.1, 0.15) is 5.84 Å². The molecule has 1 aliphatic rings. The zero-order valence-electron chi connectivity index (χ0n) is 12.5. The van der Waals surface area contributed by atoms with Crippen LogP contribution in [-0.2, 0) is 14.9 Å². The van der Waals surface area contributed by atoms with Gasteiger partial charge in [0.25, 0.3) is 0 Å².